The normalized spacial score (nSPS) is 15.1. The van der Waals surface area contributed by atoms with Crippen LogP contribution in [0.25, 0.3) is 66.8 Å². The third-order valence-electron chi connectivity index (χ3n) is 16.3. The molecule has 0 saturated carbocycles. The van der Waals surface area contributed by atoms with Gasteiger partial charge in [0, 0.05) is 27.8 Å². The topological polar surface area (TPSA) is 3.24 Å². The predicted octanol–water partition coefficient (Wildman–Crippen LogP) is 17.4. The maximum absolute atomic E-state index is 2.55. The molecular formula is C67H49N. The Balaban J connectivity index is 1.03. The van der Waals surface area contributed by atoms with E-state index in [4.69, 9.17) is 0 Å². The second-order valence-corrected chi connectivity index (χ2v) is 20.3. The number of anilines is 3. The van der Waals surface area contributed by atoms with E-state index in [-0.39, 0.29) is 10.8 Å². The molecule has 0 fully saturated rings. The zero-order valence-electron chi connectivity index (χ0n) is 38.8. The molecule has 1 spiro atoms. The summed E-state index contributed by atoms with van der Waals surface area (Å²) in [6.45, 7) is 9.48. The van der Waals surface area contributed by atoms with Crippen molar-refractivity contribution < 1.29 is 0 Å². The fraction of sp³-hybridized carbons (Fsp3) is 0.104. The van der Waals surface area contributed by atoms with Crippen LogP contribution in [0.5, 0.6) is 0 Å². The van der Waals surface area contributed by atoms with Gasteiger partial charge in [-0.2, -0.15) is 0 Å². The molecule has 0 N–H and O–H groups in total. The van der Waals surface area contributed by atoms with Gasteiger partial charge < -0.3 is 4.90 Å². The molecule has 10 aromatic carbocycles. The fourth-order valence-corrected chi connectivity index (χ4v) is 13.4. The summed E-state index contributed by atoms with van der Waals surface area (Å²) in [5.41, 5.74) is 29.1. The van der Waals surface area contributed by atoms with Gasteiger partial charge in [-0.1, -0.05) is 222 Å². The molecule has 0 saturated heterocycles. The average molecular weight is 868 g/mol. The van der Waals surface area contributed by atoms with Crippen molar-refractivity contribution in [3.8, 4) is 66.8 Å². The van der Waals surface area contributed by atoms with Crippen molar-refractivity contribution in [1.29, 1.82) is 0 Å². The highest BCUT2D eigenvalue weighted by Gasteiger charge is 2.52. The van der Waals surface area contributed by atoms with E-state index in [1.54, 1.807) is 0 Å². The fourth-order valence-electron chi connectivity index (χ4n) is 13.4. The van der Waals surface area contributed by atoms with Gasteiger partial charge in [0.1, 0.15) is 0 Å². The maximum Gasteiger partial charge on any atom is 0.0726 e. The van der Waals surface area contributed by atoms with E-state index in [1.165, 1.54) is 111 Å². The van der Waals surface area contributed by atoms with Crippen LogP contribution >= 0.6 is 0 Å². The first-order chi connectivity index (χ1) is 33.3. The zero-order valence-corrected chi connectivity index (χ0v) is 38.8. The first-order valence-electron chi connectivity index (χ1n) is 24.2. The smallest absolute Gasteiger partial charge is 0.0726 e. The molecule has 322 valence electrons. The van der Waals surface area contributed by atoms with Crippen LogP contribution in [-0.2, 0) is 16.2 Å². The second kappa shape index (κ2) is 14.0. The van der Waals surface area contributed by atoms with Crippen LogP contribution in [0.15, 0.2) is 224 Å². The molecule has 0 aromatic heterocycles. The number of hydrogen-bond donors (Lipinski definition) is 0. The zero-order chi connectivity index (χ0) is 45.5. The van der Waals surface area contributed by atoms with Crippen LogP contribution < -0.4 is 4.90 Å². The summed E-state index contributed by atoms with van der Waals surface area (Å²) in [7, 11) is 0. The summed E-state index contributed by atoms with van der Waals surface area (Å²) < 4.78 is 0. The minimum Gasteiger partial charge on any atom is -0.310 e. The van der Waals surface area contributed by atoms with E-state index in [0.717, 1.165) is 17.1 Å². The number of hydrogen-bond acceptors (Lipinski definition) is 1. The van der Waals surface area contributed by atoms with Gasteiger partial charge in [-0.25, -0.2) is 0 Å². The number of rotatable bonds is 5. The van der Waals surface area contributed by atoms with E-state index in [1.807, 2.05) is 0 Å². The van der Waals surface area contributed by atoms with Crippen LogP contribution in [0, 0.1) is 0 Å². The summed E-state index contributed by atoms with van der Waals surface area (Å²) in [4.78, 5) is 2.55. The van der Waals surface area contributed by atoms with Gasteiger partial charge in [-0.15, -0.1) is 0 Å². The minimum absolute atomic E-state index is 0.0925. The largest absolute Gasteiger partial charge is 0.310 e. The van der Waals surface area contributed by atoms with Gasteiger partial charge in [-0.05, 0) is 136 Å². The number of nitrogens with zero attached hydrogens (tertiary/aromatic N) is 1. The van der Waals surface area contributed by atoms with Gasteiger partial charge in [-0.3, -0.25) is 0 Å². The van der Waals surface area contributed by atoms with Crippen LogP contribution in [-0.4, -0.2) is 0 Å². The molecule has 14 rings (SSSR count). The highest BCUT2D eigenvalue weighted by Crippen LogP contribution is 2.65. The van der Waals surface area contributed by atoms with Gasteiger partial charge in [0.25, 0.3) is 0 Å². The van der Waals surface area contributed by atoms with Crippen molar-refractivity contribution in [3.05, 3.63) is 269 Å². The molecule has 4 aliphatic carbocycles. The Labute approximate surface area is 399 Å². The Bertz CT molecular complexity index is 3570. The van der Waals surface area contributed by atoms with Gasteiger partial charge in [0.2, 0.25) is 0 Å². The molecule has 0 amide bonds. The molecule has 0 radical (unpaired) electrons. The van der Waals surface area contributed by atoms with Gasteiger partial charge >= 0.3 is 0 Å². The van der Waals surface area contributed by atoms with Crippen molar-refractivity contribution in [1.82, 2.24) is 0 Å². The quantitative estimate of drug-likeness (QED) is 0.167. The van der Waals surface area contributed by atoms with Crippen LogP contribution in [0.4, 0.5) is 17.1 Å². The summed E-state index contributed by atoms with van der Waals surface area (Å²) in [6, 6.07) is 84.9. The predicted molar refractivity (Wildman–Crippen MR) is 283 cm³/mol. The van der Waals surface area contributed by atoms with Gasteiger partial charge in [0.15, 0.2) is 0 Å². The van der Waals surface area contributed by atoms with Crippen molar-refractivity contribution in [2.45, 2.75) is 43.9 Å². The van der Waals surface area contributed by atoms with Crippen LogP contribution in [0.2, 0.25) is 0 Å². The van der Waals surface area contributed by atoms with E-state index < -0.39 is 5.41 Å². The van der Waals surface area contributed by atoms with Crippen molar-refractivity contribution in [3.63, 3.8) is 0 Å². The number of fused-ring (bicyclic) bond motifs is 16. The van der Waals surface area contributed by atoms with E-state index in [2.05, 4.69) is 257 Å². The Morgan fingerprint density at radius 3 is 1.09 bits per heavy atom. The van der Waals surface area contributed by atoms with Gasteiger partial charge in [0.05, 0.1) is 11.1 Å². The molecule has 1 nitrogen and oxygen atoms in total. The molecule has 1 heteroatoms. The van der Waals surface area contributed by atoms with E-state index in [9.17, 15) is 0 Å². The summed E-state index contributed by atoms with van der Waals surface area (Å²) in [6.07, 6.45) is 0. The molecule has 0 bridgehead atoms. The summed E-state index contributed by atoms with van der Waals surface area (Å²) in [5.74, 6) is 0. The lowest BCUT2D eigenvalue weighted by Crippen LogP contribution is -2.26. The van der Waals surface area contributed by atoms with E-state index >= 15 is 0 Å². The Morgan fingerprint density at radius 2 is 0.603 bits per heavy atom. The lowest BCUT2D eigenvalue weighted by atomic mass is 9.70. The van der Waals surface area contributed by atoms with Crippen molar-refractivity contribution in [2.24, 2.45) is 0 Å². The summed E-state index contributed by atoms with van der Waals surface area (Å²) in [5, 5.41) is 0. The first kappa shape index (κ1) is 39.2. The average Bonchev–Trinajstić information content (AvgIpc) is 4.02. The second-order valence-electron chi connectivity index (χ2n) is 20.3. The monoisotopic (exact) mass is 867 g/mol. The Hall–Kier alpha value is -8.00. The standard InChI is InChI=1S/C67H49N/c1-65(2)53-31-10-7-26-50(53)62-46(29-17-36-58(62)65)42-20-15-22-44(40-42)68(45-23-16-21-43(41-45)47-30-18-37-59-63(47)51-27-8-11-32-54(51)66(59,3)4)61-39-19-38-60-64(61)52-28-9-14-35-57(52)67(60)55-33-12-5-24-48(55)49-25-6-13-34-56(49)67/h5-41H,1-4H3. The van der Waals surface area contributed by atoms with Crippen LogP contribution in [0.1, 0.15) is 72.2 Å². The third-order valence-corrected chi connectivity index (χ3v) is 16.3. The molecule has 4 aliphatic rings. The number of benzene rings is 10. The molecule has 0 unspecified atom stereocenters. The van der Waals surface area contributed by atoms with Crippen molar-refractivity contribution in [2.75, 3.05) is 4.90 Å². The lowest BCUT2D eigenvalue weighted by Gasteiger charge is -2.32. The minimum atomic E-state index is -0.458. The molecule has 0 heterocycles. The molecule has 68 heavy (non-hydrogen) atoms. The Morgan fingerprint density at radius 1 is 0.265 bits per heavy atom. The molecular weight excluding hydrogens is 819 g/mol. The van der Waals surface area contributed by atoms with Crippen molar-refractivity contribution >= 4 is 17.1 Å². The third kappa shape index (κ3) is 5.06. The van der Waals surface area contributed by atoms with E-state index in [0.29, 0.717) is 0 Å². The van der Waals surface area contributed by atoms with Crippen LogP contribution in [0.3, 0.4) is 0 Å². The molecule has 0 aliphatic heterocycles. The maximum atomic E-state index is 2.55. The highest BCUT2D eigenvalue weighted by atomic mass is 15.1. The molecule has 10 aromatic rings. The highest BCUT2D eigenvalue weighted by molar-refractivity contribution is 6.02. The first-order valence-corrected chi connectivity index (χ1v) is 24.2. The summed E-state index contributed by atoms with van der Waals surface area (Å²) >= 11 is 0. The molecule has 0 atom stereocenters. The lowest BCUT2D eigenvalue weighted by molar-refractivity contribution is 0.660. The Kier molecular flexibility index (Phi) is 8.08. The SMILES string of the molecule is CC1(C)c2ccccc2-c2c(-c3cccc(N(c4cccc(-c5cccc6c5-c5ccccc5C6(C)C)c4)c4cccc5c4-c4ccccc4C54c5ccccc5-c5ccccc54)c3)cccc21.